The number of oxazole rings is 1. The van der Waals surface area contributed by atoms with Gasteiger partial charge in [-0.25, -0.2) is 4.39 Å². The molecule has 1 aromatic carbocycles. The fourth-order valence-corrected chi connectivity index (χ4v) is 1.55. The Hall–Kier alpha value is -2.65. The summed E-state index contributed by atoms with van der Waals surface area (Å²) in [5, 5.41) is 11.0. The minimum atomic E-state index is -0.600. The molecule has 1 aromatic heterocycles. The SMILES string of the molecule is Cc1coc(NC(=O)c2ccc(C#CCCO)c(F)c2)n1. The molecule has 0 saturated heterocycles. The summed E-state index contributed by atoms with van der Waals surface area (Å²) in [4.78, 5) is 15.8. The normalized spacial score (nSPS) is 9.86. The van der Waals surface area contributed by atoms with E-state index in [4.69, 9.17) is 9.52 Å². The van der Waals surface area contributed by atoms with Crippen LogP contribution in [0.4, 0.5) is 10.4 Å². The molecule has 0 unspecified atom stereocenters. The molecule has 0 aliphatic heterocycles. The second kappa shape index (κ2) is 6.68. The predicted octanol–water partition coefficient (Wildman–Crippen LogP) is 2.11. The number of nitrogens with zero attached hydrogens (tertiary/aromatic N) is 1. The first-order valence-electron chi connectivity index (χ1n) is 6.23. The Morgan fingerprint density at radius 3 is 2.95 bits per heavy atom. The number of aliphatic hydroxyl groups is 1. The van der Waals surface area contributed by atoms with Crippen LogP contribution in [0.5, 0.6) is 0 Å². The van der Waals surface area contributed by atoms with Crippen LogP contribution in [0.3, 0.4) is 0 Å². The molecule has 0 aliphatic carbocycles. The molecule has 0 saturated carbocycles. The molecule has 0 spiro atoms. The Bertz CT molecular complexity index is 713. The molecule has 0 atom stereocenters. The topological polar surface area (TPSA) is 75.4 Å². The van der Waals surface area contributed by atoms with E-state index in [1.54, 1.807) is 6.92 Å². The van der Waals surface area contributed by atoms with Gasteiger partial charge in [0.05, 0.1) is 17.9 Å². The first-order valence-corrected chi connectivity index (χ1v) is 6.23. The minimum Gasteiger partial charge on any atom is -0.432 e. The van der Waals surface area contributed by atoms with Crippen molar-refractivity contribution < 1.29 is 18.7 Å². The van der Waals surface area contributed by atoms with Gasteiger partial charge in [-0.2, -0.15) is 4.98 Å². The van der Waals surface area contributed by atoms with Crippen LogP contribution >= 0.6 is 0 Å². The lowest BCUT2D eigenvalue weighted by molar-refractivity contribution is 0.102. The Morgan fingerprint density at radius 1 is 1.52 bits per heavy atom. The molecule has 5 nitrogen and oxygen atoms in total. The smallest absolute Gasteiger partial charge is 0.301 e. The summed E-state index contributed by atoms with van der Waals surface area (Å²) >= 11 is 0. The van der Waals surface area contributed by atoms with Gasteiger partial charge in [0.1, 0.15) is 12.1 Å². The van der Waals surface area contributed by atoms with Crippen molar-refractivity contribution >= 4 is 11.9 Å². The van der Waals surface area contributed by atoms with Crippen LogP contribution in [-0.4, -0.2) is 22.6 Å². The molecule has 6 heteroatoms. The standard InChI is InChI=1S/C15H13FN2O3/c1-10-9-21-15(17-10)18-14(20)12-6-5-11(13(16)8-12)4-2-3-7-19/h5-6,8-9,19H,3,7H2,1H3,(H,17,18,20). The summed E-state index contributed by atoms with van der Waals surface area (Å²) < 4.78 is 18.8. The number of hydrogen-bond acceptors (Lipinski definition) is 4. The van der Waals surface area contributed by atoms with Crippen molar-refractivity contribution in [2.24, 2.45) is 0 Å². The van der Waals surface area contributed by atoms with E-state index < -0.39 is 11.7 Å². The number of aryl methyl sites for hydroxylation is 1. The lowest BCUT2D eigenvalue weighted by Crippen LogP contribution is -2.12. The van der Waals surface area contributed by atoms with Crippen molar-refractivity contribution in [1.82, 2.24) is 4.98 Å². The van der Waals surface area contributed by atoms with Crippen LogP contribution in [0.2, 0.25) is 0 Å². The number of benzene rings is 1. The number of halogens is 1. The van der Waals surface area contributed by atoms with Crippen molar-refractivity contribution in [2.75, 3.05) is 11.9 Å². The number of anilines is 1. The van der Waals surface area contributed by atoms with Crippen LogP contribution < -0.4 is 5.32 Å². The third kappa shape index (κ3) is 3.91. The van der Waals surface area contributed by atoms with Gasteiger partial charge in [0.2, 0.25) is 0 Å². The van der Waals surface area contributed by atoms with Crippen molar-refractivity contribution in [3.05, 3.63) is 47.1 Å². The zero-order valence-electron chi connectivity index (χ0n) is 11.3. The maximum atomic E-state index is 13.8. The molecule has 108 valence electrons. The number of aliphatic hydroxyl groups excluding tert-OH is 1. The molecule has 1 amide bonds. The highest BCUT2D eigenvalue weighted by atomic mass is 19.1. The van der Waals surface area contributed by atoms with Gasteiger partial charge in [-0.3, -0.25) is 10.1 Å². The molecule has 21 heavy (non-hydrogen) atoms. The molecule has 2 rings (SSSR count). The van der Waals surface area contributed by atoms with E-state index in [0.29, 0.717) is 5.69 Å². The summed E-state index contributed by atoms with van der Waals surface area (Å²) in [7, 11) is 0. The van der Waals surface area contributed by atoms with Gasteiger partial charge < -0.3 is 9.52 Å². The number of amides is 1. The quantitative estimate of drug-likeness (QED) is 0.848. The zero-order valence-corrected chi connectivity index (χ0v) is 11.3. The van der Waals surface area contributed by atoms with Crippen LogP contribution in [0.25, 0.3) is 0 Å². The molecule has 0 fully saturated rings. The fraction of sp³-hybridized carbons (Fsp3) is 0.200. The average Bonchev–Trinajstić information content (AvgIpc) is 2.86. The monoisotopic (exact) mass is 288 g/mol. The summed E-state index contributed by atoms with van der Waals surface area (Å²) in [5.41, 5.74) is 0.939. The highest BCUT2D eigenvalue weighted by molar-refractivity contribution is 6.03. The predicted molar refractivity (Wildman–Crippen MR) is 74.2 cm³/mol. The number of carbonyl (C=O) groups excluding carboxylic acids is 1. The Kier molecular flexibility index (Phi) is 4.69. The molecule has 0 bridgehead atoms. The highest BCUT2D eigenvalue weighted by Gasteiger charge is 2.11. The van der Waals surface area contributed by atoms with Crippen LogP contribution in [-0.2, 0) is 0 Å². The van der Waals surface area contributed by atoms with Gasteiger partial charge in [-0.05, 0) is 25.1 Å². The molecule has 2 N–H and O–H groups in total. The second-order valence-electron chi connectivity index (χ2n) is 4.22. The van der Waals surface area contributed by atoms with Crippen molar-refractivity contribution in [1.29, 1.82) is 0 Å². The molecule has 1 heterocycles. The Morgan fingerprint density at radius 2 is 2.33 bits per heavy atom. The van der Waals surface area contributed by atoms with E-state index >= 15 is 0 Å². The lowest BCUT2D eigenvalue weighted by Gasteiger charge is -2.02. The van der Waals surface area contributed by atoms with Gasteiger partial charge in [0.25, 0.3) is 5.91 Å². The molecular weight excluding hydrogens is 275 g/mol. The number of hydrogen-bond donors (Lipinski definition) is 2. The van der Waals surface area contributed by atoms with Crippen molar-refractivity contribution in [3.63, 3.8) is 0 Å². The lowest BCUT2D eigenvalue weighted by atomic mass is 10.1. The van der Waals surface area contributed by atoms with Gasteiger partial charge in [0.15, 0.2) is 0 Å². The van der Waals surface area contributed by atoms with Crippen LogP contribution in [0, 0.1) is 24.6 Å². The van der Waals surface area contributed by atoms with Gasteiger partial charge in [-0.1, -0.05) is 11.8 Å². The van der Waals surface area contributed by atoms with Crippen LogP contribution in [0.15, 0.2) is 28.9 Å². The first-order chi connectivity index (χ1) is 10.1. The number of aromatic nitrogens is 1. The first kappa shape index (κ1) is 14.8. The minimum absolute atomic E-state index is 0.0599. The molecule has 0 aliphatic rings. The van der Waals surface area contributed by atoms with Gasteiger partial charge >= 0.3 is 6.01 Å². The molecular formula is C15H13FN2O3. The fourth-order valence-electron chi connectivity index (χ4n) is 1.55. The molecule has 0 radical (unpaired) electrons. The van der Waals surface area contributed by atoms with E-state index in [1.807, 2.05) is 0 Å². The van der Waals surface area contributed by atoms with E-state index in [2.05, 4.69) is 22.1 Å². The van der Waals surface area contributed by atoms with Crippen molar-refractivity contribution in [3.8, 4) is 11.8 Å². The van der Waals surface area contributed by atoms with Gasteiger partial charge in [0, 0.05) is 12.0 Å². The van der Waals surface area contributed by atoms with Gasteiger partial charge in [-0.15, -0.1) is 0 Å². The number of nitrogens with one attached hydrogen (secondary N) is 1. The third-order valence-corrected chi connectivity index (χ3v) is 2.53. The number of carbonyl (C=O) groups is 1. The maximum Gasteiger partial charge on any atom is 0.301 e. The average molecular weight is 288 g/mol. The van der Waals surface area contributed by atoms with E-state index in [-0.39, 0.29) is 30.2 Å². The summed E-state index contributed by atoms with van der Waals surface area (Å²) in [6, 6.07) is 4.02. The second-order valence-corrected chi connectivity index (χ2v) is 4.22. The Balaban J connectivity index is 2.12. The summed E-state index contributed by atoms with van der Waals surface area (Å²) in [6.07, 6.45) is 1.67. The third-order valence-electron chi connectivity index (χ3n) is 2.53. The van der Waals surface area contributed by atoms with Crippen molar-refractivity contribution in [2.45, 2.75) is 13.3 Å². The maximum absolute atomic E-state index is 13.8. The molecule has 2 aromatic rings. The van der Waals surface area contributed by atoms with Crippen LogP contribution in [0.1, 0.15) is 28.0 Å². The summed E-state index contributed by atoms with van der Waals surface area (Å²) in [5.74, 6) is 4.08. The van der Waals surface area contributed by atoms with E-state index in [0.717, 1.165) is 6.07 Å². The highest BCUT2D eigenvalue weighted by Crippen LogP contribution is 2.12. The number of rotatable bonds is 3. The van der Waals surface area contributed by atoms with E-state index in [1.165, 1.54) is 18.4 Å². The summed E-state index contributed by atoms with van der Waals surface area (Å²) in [6.45, 7) is 1.64. The van der Waals surface area contributed by atoms with E-state index in [9.17, 15) is 9.18 Å². The zero-order chi connectivity index (χ0) is 15.2. The Labute approximate surface area is 120 Å². The largest absolute Gasteiger partial charge is 0.432 e.